The molecule has 1 fully saturated rings. The summed E-state index contributed by atoms with van der Waals surface area (Å²) in [4.78, 5) is 14.5. The number of nitrogens with zero attached hydrogens (tertiary/aromatic N) is 1. The summed E-state index contributed by atoms with van der Waals surface area (Å²) in [5.41, 5.74) is 0. The van der Waals surface area contributed by atoms with Crippen molar-refractivity contribution < 1.29 is 14.3 Å². The minimum Gasteiger partial charge on any atom is -0.468 e. The van der Waals surface area contributed by atoms with E-state index in [-0.39, 0.29) is 17.9 Å². The van der Waals surface area contributed by atoms with Crippen LogP contribution in [0.25, 0.3) is 0 Å². The molecule has 5 heteroatoms. The van der Waals surface area contributed by atoms with Gasteiger partial charge in [-0.2, -0.15) is 0 Å². The zero-order chi connectivity index (χ0) is 15.2. The molecule has 21 heavy (non-hydrogen) atoms. The first kappa shape index (κ1) is 16.0. The molecule has 1 aromatic heterocycles. The van der Waals surface area contributed by atoms with Crippen molar-refractivity contribution in [1.82, 2.24) is 10.2 Å². The Kier molecular flexibility index (Phi) is 5.82. The van der Waals surface area contributed by atoms with Gasteiger partial charge in [-0.25, -0.2) is 0 Å². The molecule has 118 valence electrons. The Bertz CT molecular complexity index is 429. The number of carbonyl (C=O) groups is 1. The van der Waals surface area contributed by atoms with Gasteiger partial charge in [-0.3, -0.25) is 9.69 Å². The minimum absolute atomic E-state index is 0.0382. The molecule has 1 aromatic rings. The van der Waals surface area contributed by atoms with Gasteiger partial charge >= 0.3 is 0 Å². The Hall–Kier alpha value is -1.33. The predicted molar refractivity (Wildman–Crippen MR) is 80.7 cm³/mol. The Morgan fingerprint density at radius 2 is 2.24 bits per heavy atom. The highest BCUT2D eigenvalue weighted by atomic mass is 16.3. The summed E-state index contributed by atoms with van der Waals surface area (Å²) in [6.07, 6.45) is 3.62. The number of carbonyl (C=O) groups excluding carboxylic acids is 1. The number of hydrogen-bond donors (Lipinski definition) is 2. The first-order valence-corrected chi connectivity index (χ1v) is 7.90. The van der Waals surface area contributed by atoms with E-state index in [9.17, 15) is 9.90 Å². The molecule has 3 atom stereocenters. The first-order valence-electron chi connectivity index (χ1n) is 7.90. The van der Waals surface area contributed by atoms with Crippen LogP contribution in [-0.2, 0) is 4.79 Å². The van der Waals surface area contributed by atoms with Crippen LogP contribution < -0.4 is 5.32 Å². The number of nitrogens with one attached hydrogen (secondary N) is 1. The summed E-state index contributed by atoms with van der Waals surface area (Å²) >= 11 is 0. The number of aliphatic hydroxyl groups is 1. The van der Waals surface area contributed by atoms with Crippen LogP contribution in [0.15, 0.2) is 22.8 Å². The van der Waals surface area contributed by atoms with Crippen LogP contribution in [-0.4, -0.2) is 41.7 Å². The summed E-state index contributed by atoms with van der Waals surface area (Å²) in [6.45, 7) is 6.49. The van der Waals surface area contributed by atoms with Gasteiger partial charge in [0.25, 0.3) is 0 Å². The second kappa shape index (κ2) is 7.61. The minimum atomic E-state index is -0.486. The van der Waals surface area contributed by atoms with Crippen LogP contribution in [0.3, 0.4) is 0 Å². The number of furan rings is 1. The largest absolute Gasteiger partial charge is 0.468 e. The molecule has 0 saturated heterocycles. The van der Waals surface area contributed by atoms with E-state index in [0.29, 0.717) is 6.54 Å². The van der Waals surface area contributed by atoms with Crippen LogP contribution >= 0.6 is 0 Å². The zero-order valence-corrected chi connectivity index (χ0v) is 12.9. The van der Waals surface area contributed by atoms with E-state index in [4.69, 9.17) is 4.42 Å². The first-order chi connectivity index (χ1) is 10.2. The lowest BCUT2D eigenvalue weighted by molar-refractivity contribution is -0.127. The van der Waals surface area contributed by atoms with Gasteiger partial charge in [0, 0.05) is 6.54 Å². The maximum Gasteiger partial charge on any atom is 0.225 e. The van der Waals surface area contributed by atoms with Crippen LogP contribution in [0.4, 0.5) is 0 Å². The van der Waals surface area contributed by atoms with Crippen LogP contribution in [0.2, 0.25) is 0 Å². The molecule has 0 spiro atoms. The lowest BCUT2D eigenvalue weighted by Gasteiger charge is -2.28. The molecule has 1 aliphatic carbocycles. The Labute approximate surface area is 126 Å². The fourth-order valence-corrected chi connectivity index (χ4v) is 3.13. The summed E-state index contributed by atoms with van der Waals surface area (Å²) < 4.78 is 5.52. The highest BCUT2D eigenvalue weighted by Gasteiger charge is 2.32. The summed E-state index contributed by atoms with van der Waals surface area (Å²) in [5, 5.41) is 12.8. The second-order valence-corrected chi connectivity index (χ2v) is 5.60. The Morgan fingerprint density at radius 3 is 2.76 bits per heavy atom. The summed E-state index contributed by atoms with van der Waals surface area (Å²) in [7, 11) is 0. The van der Waals surface area contributed by atoms with Crippen molar-refractivity contribution in [2.45, 2.75) is 45.3 Å². The fraction of sp³-hybridized carbons (Fsp3) is 0.688. The lowest BCUT2D eigenvalue weighted by Crippen LogP contribution is -2.41. The third kappa shape index (κ3) is 3.86. The summed E-state index contributed by atoms with van der Waals surface area (Å²) in [6, 6.07) is 3.85. The van der Waals surface area contributed by atoms with Gasteiger partial charge in [0.1, 0.15) is 5.76 Å². The normalized spacial score (nSPS) is 23.4. The molecule has 0 bridgehead atoms. The van der Waals surface area contributed by atoms with Gasteiger partial charge in [0.15, 0.2) is 0 Å². The van der Waals surface area contributed by atoms with Crippen molar-refractivity contribution in [3.8, 4) is 0 Å². The lowest BCUT2D eigenvalue weighted by atomic mass is 10.0. The molecule has 1 saturated carbocycles. The van der Waals surface area contributed by atoms with Crippen molar-refractivity contribution in [2.24, 2.45) is 5.92 Å². The molecular weight excluding hydrogens is 268 g/mol. The van der Waals surface area contributed by atoms with E-state index in [1.807, 2.05) is 12.1 Å². The van der Waals surface area contributed by atoms with Crippen molar-refractivity contribution in [2.75, 3.05) is 19.6 Å². The Balaban J connectivity index is 1.97. The number of likely N-dealkylation sites (N-methyl/N-ethyl adjacent to an activating group) is 1. The van der Waals surface area contributed by atoms with E-state index >= 15 is 0 Å². The Morgan fingerprint density at radius 1 is 1.48 bits per heavy atom. The SMILES string of the molecule is CCN(CC)C(CNC(=O)C1CCCC1O)c1ccco1. The maximum absolute atomic E-state index is 12.2. The fourth-order valence-electron chi connectivity index (χ4n) is 3.13. The van der Waals surface area contributed by atoms with Gasteiger partial charge in [0.05, 0.1) is 24.3 Å². The monoisotopic (exact) mass is 294 g/mol. The standard InChI is InChI=1S/C16H26N2O3/c1-3-18(4-2)13(15-9-6-10-21-15)11-17-16(20)12-7-5-8-14(12)19/h6,9-10,12-14,19H,3-5,7-8,11H2,1-2H3,(H,17,20). The van der Waals surface area contributed by atoms with Crippen LogP contribution in [0.5, 0.6) is 0 Å². The van der Waals surface area contributed by atoms with E-state index in [2.05, 4.69) is 24.1 Å². The van der Waals surface area contributed by atoms with Crippen molar-refractivity contribution in [3.63, 3.8) is 0 Å². The molecule has 0 aliphatic heterocycles. The van der Waals surface area contributed by atoms with E-state index in [0.717, 1.165) is 38.1 Å². The van der Waals surface area contributed by atoms with Crippen LogP contribution in [0.1, 0.15) is 44.9 Å². The van der Waals surface area contributed by atoms with Gasteiger partial charge in [-0.1, -0.05) is 13.8 Å². The molecule has 1 heterocycles. The van der Waals surface area contributed by atoms with Crippen molar-refractivity contribution in [1.29, 1.82) is 0 Å². The predicted octanol–water partition coefficient (Wildman–Crippen LogP) is 1.94. The molecule has 3 unspecified atom stereocenters. The highest BCUT2D eigenvalue weighted by molar-refractivity contribution is 5.79. The van der Waals surface area contributed by atoms with E-state index < -0.39 is 6.10 Å². The molecule has 0 radical (unpaired) electrons. The quantitative estimate of drug-likeness (QED) is 0.806. The number of rotatable bonds is 7. The smallest absolute Gasteiger partial charge is 0.225 e. The van der Waals surface area contributed by atoms with Gasteiger partial charge in [-0.05, 0) is 44.5 Å². The average Bonchev–Trinajstić information content (AvgIpc) is 3.14. The van der Waals surface area contributed by atoms with Gasteiger partial charge in [-0.15, -0.1) is 0 Å². The molecule has 1 amide bonds. The highest BCUT2D eigenvalue weighted by Crippen LogP contribution is 2.26. The number of aliphatic hydroxyl groups excluding tert-OH is 1. The second-order valence-electron chi connectivity index (χ2n) is 5.60. The molecule has 2 rings (SSSR count). The topological polar surface area (TPSA) is 65.7 Å². The molecule has 0 aromatic carbocycles. The zero-order valence-electron chi connectivity index (χ0n) is 12.9. The maximum atomic E-state index is 12.2. The molecular formula is C16H26N2O3. The van der Waals surface area contributed by atoms with Crippen molar-refractivity contribution >= 4 is 5.91 Å². The van der Waals surface area contributed by atoms with E-state index in [1.165, 1.54) is 0 Å². The van der Waals surface area contributed by atoms with Gasteiger partial charge in [0.2, 0.25) is 5.91 Å². The number of amides is 1. The van der Waals surface area contributed by atoms with Crippen LogP contribution in [0, 0.1) is 5.92 Å². The summed E-state index contributed by atoms with van der Waals surface area (Å²) in [5.74, 6) is 0.577. The molecule has 5 nitrogen and oxygen atoms in total. The van der Waals surface area contributed by atoms with Gasteiger partial charge < -0.3 is 14.8 Å². The average molecular weight is 294 g/mol. The van der Waals surface area contributed by atoms with E-state index in [1.54, 1.807) is 6.26 Å². The molecule has 2 N–H and O–H groups in total. The third-order valence-electron chi connectivity index (χ3n) is 4.41. The van der Waals surface area contributed by atoms with Crippen molar-refractivity contribution in [3.05, 3.63) is 24.2 Å². The molecule has 1 aliphatic rings. The number of hydrogen-bond acceptors (Lipinski definition) is 4. The third-order valence-corrected chi connectivity index (χ3v) is 4.41.